The van der Waals surface area contributed by atoms with Gasteiger partial charge in [-0.25, -0.2) is 0 Å². The molecule has 0 aliphatic carbocycles. The first-order valence-corrected chi connectivity index (χ1v) is 7.30. The van der Waals surface area contributed by atoms with Crippen molar-refractivity contribution in [3.8, 4) is 0 Å². The molecule has 104 valence electrons. The zero-order valence-electron chi connectivity index (χ0n) is 11.7. The van der Waals surface area contributed by atoms with Crippen LogP contribution in [0.25, 0.3) is 0 Å². The molecular weight excluding hydrogens is 236 g/mol. The van der Waals surface area contributed by atoms with Crippen LogP contribution in [0, 0.1) is 0 Å². The molecule has 19 heavy (non-hydrogen) atoms. The number of benzene rings is 1. The summed E-state index contributed by atoms with van der Waals surface area (Å²) in [4.78, 5) is 11.9. The standard InChI is InChI=1S/C16H24N2O/c1-13(9-10-14-6-3-2-4-7-14)18-16(19)12-15-8-5-11-17-15/h2-4,6-7,13,15,17H,5,8-12H2,1H3,(H,18,19). The zero-order valence-corrected chi connectivity index (χ0v) is 11.7. The van der Waals surface area contributed by atoms with Gasteiger partial charge in [0.25, 0.3) is 0 Å². The van der Waals surface area contributed by atoms with E-state index in [-0.39, 0.29) is 11.9 Å². The van der Waals surface area contributed by atoms with Crippen LogP contribution >= 0.6 is 0 Å². The molecule has 1 saturated heterocycles. The molecule has 2 unspecified atom stereocenters. The lowest BCUT2D eigenvalue weighted by Gasteiger charge is -2.16. The van der Waals surface area contributed by atoms with Gasteiger partial charge in [-0.05, 0) is 44.7 Å². The monoisotopic (exact) mass is 260 g/mol. The third kappa shape index (κ3) is 5.03. The highest BCUT2D eigenvalue weighted by Crippen LogP contribution is 2.09. The van der Waals surface area contributed by atoms with E-state index in [1.807, 2.05) is 6.07 Å². The van der Waals surface area contributed by atoms with E-state index < -0.39 is 0 Å². The molecule has 2 atom stereocenters. The Labute approximate surface area is 115 Å². The molecule has 1 heterocycles. The molecule has 1 aromatic rings. The topological polar surface area (TPSA) is 41.1 Å². The van der Waals surface area contributed by atoms with Gasteiger partial charge in [0.15, 0.2) is 0 Å². The number of aryl methyl sites for hydroxylation is 1. The summed E-state index contributed by atoms with van der Waals surface area (Å²) in [6, 6.07) is 11.1. The Morgan fingerprint density at radius 3 is 2.89 bits per heavy atom. The van der Waals surface area contributed by atoms with E-state index in [2.05, 4.69) is 41.8 Å². The Kier molecular flexibility index (Phi) is 5.40. The van der Waals surface area contributed by atoms with E-state index in [1.54, 1.807) is 0 Å². The smallest absolute Gasteiger partial charge is 0.221 e. The first-order valence-electron chi connectivity index (χ1n) is 7.30. The number of hydrogen-bond donors (Lipinski definition) is 2. The van der Waals surface area contributed by atoms with E-state index in [4.69, 9.17) is 0 Å². The number of hydrogen-bond acceptors (Lipinski definition) is 2. The van der Waals surface area contributed by atoms with Crippen LogP contribution in [0.15, 0.2) is 30.3 Å². The summed E-state index contributed by atoms with van der Waals surface area (Å²) in [5.74, 6) is 0.181. The van der Waals surface area contributed by atoms with E-state index in [0.29, 0.717) is 12.5 Å². The van der Waals surface area contributed by atoms with Crippen LogP contribution in [0.1, 0.15) is 38.2 Å². The number of carbonyl (C=O) groups excluding carboxylic acids is 1. The van der Waals surface area contributed by atoms with Gasteiger partial charge < -0.3 is 10.6 Å². The summed E-state index contributed by atoms with van der Waals surface area (Å²) in [7, 11) is 0. The third-order valence-corrected chi connectivity index (χ3v) is 3.71. The van der Waals surface area contributed by atoms with Gasteiger partial charge in [-0.15, -0.1) is 0 Å². The molecule has 1 aliphatic rings. The molecular formula is C16H24N2O. The fraction of sp³-hybridized carbons (Fsp3) is 0.562. The summed E-state index contributed by atoms with van der Waals surface area (Å²) < 4.78 is 0. The summed E-state index contributed by atoms with van der Waals surface area (Å²) in [5.41, 5.74) is 1.33. The molecule has 3 heteroatoms. The minimum absolute atomic E-state index is 0.181. The molecule has 2 N–H and O–H groups in total. The quantitative estimate of drug-likeness (QED) is 0.824. The molecule has 0 saturated carbocycles. The predicted octanol–water partition coefficient (Wildman–Crippen LogP) is 2.27. The second-order valence-electron chi connectivity index (χ2n) is 5.49. The van der Waals surface area contributed by atoms with Crippen LogP contribution in [-0.4, -0.2) is 24.5 Å². The van der Waals surface area contributed by atoms with E-state index in [9.17, 15) is 4.79 Å². The third-order valence-electron chi connectivity index (χ3n) is 3.71. The fourth-order valence-corrected chi connectivity index (χ4v) is 2.59. The van der Waals surface area contributed by atoms with Gasteiger partial charge in [-0.3, -0.25) is 4.79 Å². The Balaban J connectivity index is 1.65. The molecule has 1 amide bonds. The highest BCUT2D eigenvalue weighted by molar-refractivity contribution is 5.76. The molecule has 1 fully saturated rings. The van der Waals surface area contributed by atoms with Crippen molar-refractivity contribution in [2.24, 2.45) is 0 Å². The Morgan fingerprint density at radius 2 is 2.21 bits per heavy atom. The Hall–Kier alpha value is -1.35. The SMILES string of the molecule is CC(CCc1ccccc1)NC(=O)CC1CCCN1. The van der Waals surface area contributed by atoms with E-state index in [1.165, 1.54) is 12.0 Å². The van der Waals surface area contributed by atoms with Gasteiger partial charge in [0.2, 0.25) is 5.91 Å². The van der Waals surface area contributed by atoms with Crippen molar-refractivity contribution in [2.45, 2.75) is 51.1 Å². The summed E-state index contributed by atoms with van der Waals surface area (Å²) in [5, 5.41) is 6.46. The lowest BCUT2D eigenvalue weighted by molar-refractivity contribution is -0.122. The normalized spacial score (nSPS) is 20.2. The first kappa shape index (κ1) is 14.1. The van der Waals surface area contributed by atoms with Crippen LogP contribution in [0.4, 0.5) is 0 Å². The first-order chi connectivity index (χ1) is 9.24. The molecule has 2 rings (SSSR count). The Bertz CT molecular complexity index is 385. The number of carbonyl (C=O) groups is 1. The van der Waals surface area contributed by atoms with E-state index in [0.717, 1.165) is 25.8 Å². The lowest BCUT2D eigenvalue weighted by atomic mass is 10.1. The highest BCUT2D eigenvalue weighted by atomic mass is 16.1. The number of amides is 1. The molecule has 0 spiro atoms. The van der Waals surface area contributed by atoms with Gasteiger partial charge in [-0.1, -0.05) is 30.3 Å². The second kappa shape index (κ2) is 7.29. The van der Waals surface area contributed by atoms with Crippen molar-refractivity contribution in [3.05, 3.63) is 35.9 Å². The maximum absolute atomic E-state index is 11.9. The average molecular weight is 260 g/mol. The van der Waals surface area contributed by atoms with Gasteiger partial charge >= 0.3 is 0 Å². The molecule has 0 bridgehead atoms. The fourth-order valence-electron chi connectivity index (χ4n) is 2.59. The molecule has 0 radical (unpaired) electrons. The Morgan fingerprint density at radius 1 is 1.42 bits per heavy atom. The minimum atomic E-state index is 0.181. The molecule has 1 aromatic carbocycles. The minimum Gasteiger partial charge on any atom is -0.354 e. The largest absolute Gasteiger partial charge is 0.354 e. The summed E-state index contributed by atoms with van der Waals surface area (Å²) in [6.45, 7) is 3.14. The predicted molar refractivity (Wildman–Crippen MR) is 78.0 cm³/mol. The molecule has 1 aliphatic heterocycles. The van der Waals surface area contributed by atoms with Crippen LogP contribution in [0.5, 0.6) is 0 Å². The zero-order chi connectivity index (χ0) is 13.5. The van der Waals surface area contributed by atoms with Gasteiger partial charge in [0.05, 0.1) is 0 Å². The molecule has 3 nitrogen and oxygen atoms in total. The maximum Gasteiger partial charge on any atom is 0.221 e. The average Bonchev–Trinajstić information content (AvgIpc) is 2.90. The van der Waals surface area contributed by atoms with Crippen LogP contribution < -0.4 is 10.6 Å². The molecule has 0 aromatic heterocycles. The van der Waals surface area contributed by atoms with Gasteiger partial charge in [0, 0.05) is 18.5 Å². The van der Waals surface area contributed by atoms with Crippen LogP contribution in [0.2, 0.25) is 0 Å². The van der Waals surface area contributed by atoms with Gasteiger partial charge in [-0.2, -0.15) is 0 Å². The second-order valence-corrected chi connectivity index (χ2v) is 5.49. The van der Waals surface area contributed by atoms with Crippen molar-refractivity contribution >= 4 is 5.91 Å². The highest BCUT2D eigenvalue weighted by Gasteiger charge is 2.18. The van der Waals surface area contributed by atoms with Crippen molar-refractivity contribution in [1.29, 1.82) is 0 Å². The summed E-state index contributed by atoms with van der Waals surface area (Å²) in [6.07, 6.45) is 4.96. The van der Waals surface area contributed by atoms with Gasteiger partial charge in [0.1, 0.15) is 0 Å². The number of rotatable bonds is 6. The lowest BCUT2D eigenvalue weighted by Crippen LogP contribution is -2.37. The van der Waals surface area contributed by atoms with Crippen molar-refractivity contribution < 1.29 is 4.79 Å². The van der Waals surface area contributed by atoms with Crippen LogP contribution in [0.3, 0.4) is 0 Å². The van der Waals surface area contributed by atoms with Crippen molar-refractivity contribution in [3.63, 3.8) is 0 Å². The number of nitrogens with one attached hydrogen (secondary N) is 2. The summed E-state index contributed by atoms with van der Waals surface area (Å²) >= 11 is 0. The van der Waals surface area contributed by atoms with Crippen molar-refractivity contribution in [1.82, 2.24) is 10.6 Å². The maximum atomic E-state index is 11.9. The van der Waals surface area contributed by atoms with E-state index >= 15 is 0 Å². The van der Waals surface area contributed by atoms with Crippen LogP contribution in [-0.2, 0) is 11.2 Å². The van der Waals surface area contributed by atoms with Crippen molar-refractivity contribution in [2.75, 3.05) is 6.54 Å².